The molecule has 0 amide bonds. The number of hydrogen-bond donors (Lipinski definition) is 1. The summed E-state index contributed by atoms with van der Waals surface area (Å²) in [4.78, 5) is 0. The number of benzene rings is 1. The Bertz CT molecular complexity index is 291. The molecule has 0 unspecified atom stereocenters. The van der Waals surface area contributed by atoms with Crippen molar-refractivity contribution in [1.29, 1.82) is 0 Å². The lowest BCUT2D eigenvalue weighted by Crippen LogP contribution is -2.01. The van der Waals surface area contributed by atoms with Gasteiger partial charge in [-0.15, -0.1) is 0 Å². The van der Waals surface area contributed by atoms with Gasteiger partial charge in [0, 0.05) is 12.6 Å². The van der Waals surface area contributed by atoms with E-state index in [1.165, 1.54) is 12.8 Å². The molecule has 0 radical (unpaired) electrons. The van der Waals surface area contributed by atoms with Crippen molar-refractivity contribution in [3.8, 4) is 11.5 Å². The van der Waals surface area contributed by atoms with Crippen LogP contribution >= 0.6 is 0 Å². The molecule has 16 heavy (non-hydrogen) atoms. The van der Waals surface area contributed by atoms with Gasteiger partial charge in [-0.1, -0.05) is 19.8 Å². The average Bonchev–Trinajstić information content (AvgIpc) is 2.34. The van der Waals surface area contributed by atoms with E-state index in [9.17, 15) is 0 Å². The van der Waals surface area contributed by atoms with Gasteiger partial charge in [0.2, 0.25) is 0 Å². The molecule has 0 bridgehead atoms. The van der Waals surface area contributed by atoms with Crippen LogP contribution in [0.4, 0.5) is 0 Å². The molecule has 0 aliphatic rings. The third kappa shape index (κ3) is 4.11. The van der Waals surface area contributed by atoms with Crippen LogP contribution in [0.3, 0.4) is 0 Å². The van der Waals surface area contributed by atoms with E-state index in [0.717, 1.165) is 30.1 Å². The maximum absolute atomic E-state index is 5.66. The summed E-state index contributed by atoms with van der Waals surface area (Å²) in [5, 5.41) is 0. The zero-order chi connectivity index (χ0) is 11.8. The van der Waals surface area contributed by atoms with E-state index in [0.29, 0.717) is 6.54 Å². The molecule has 3 nitrogen and oxygen atoms in total. The fourth-order valence-electron chi connectivity index (χ4n) is 1.49. The van der Waals surface area contributed by atoms with Gasteiger partial charge in [0.15, 0.2) is 0 Å². The number of methoxy groups -OCH3 is 1. The quantitative estimate of drug-likeness (QED) is 0.723. The molecule has 0 aliphatic heterocycles. The summed E-state index contributed by atoms with van der Waals surface area (Å²) < 4.78 is 10.8. The van der Waals surface area contributed by atoms with Gasteiger partial charge in [0.1, 0.15) is 11.5 Å². The zero-order valence-electron chi connectivity index (χ0n) is 10.2. The zero-order valence-corrected chi connectivity index (χ0v) is 10.2. The maximum Gasteiger partial charge on any atom is 0.123 e. The Kier molecular flexibility index (Phi) is 5.72. The number of unbranched alkanes of at least 4 members (excludes halogenated alkanes) is 2. The van der Waals surface area contributed by atoms with Crippen LogP contribution < -0.4 is 15.2 Å². The van der Waals surface area contributed by atoms with Gasteiger partial charge in [-0.3, -0.25) is 0 Å². The van der Waals surface area contributed by atoms with Crippen molar-refractivity contribution in [2.75, 3.05) is 13.7 Å². The highest BCUT2D eigenvalue weighted by molar-refractivity contribution is 5.38. The first-order valence-corrected chi connectivity index (χ1v) is 5.81. The lowest BCUT2D eigenvalue weighted by molar-refractivity contribution is 0.303. The molecule has 0 aliphatic carbocycles. The Hall–Kier alpha value is -1.22. The Morgan fingerprint density at radius 3 is 2.50 bits per heavy atom. The average molecular weight is 223 g/mol. The van der Waals surface area contributed by atoms with Crippen LogP contribution in [0.5, 0.6) is 11.5 Å². The normalized spacial score (nSPS) is 10.2. The molecule has 0 spiro atoms. The molecular formula is C13H21NO2. The Labute approximate surface area is 97.6 Å². The minimum atomic E-state index is 0.503. The van der Waals surface area contributed by atoms with Crippen LogP contribution in [0.1, 0.15) is 31.7 Å². The first-order valence-electron chi connectivity index (χ1n) is 5.81. The largest absolute Gasteiger partial charge is 0.497 e. The highest BCUT2D eigenvalue weighted by atomic mass is 16.5. The van der Waals surface area contributed by atoms with Gasteiger partial charge in [0.05, 0.1) is 13.7 Å². The molecule has 0 saturated heterocycles. The SMILES string of the molecule is CCCCCOc1cc(CN)cc(OC)c1. The molecule has 1 rings (SSSR count). The van der Waals surface area contributed by atoms with Crippen molar-refractivity contribution in [2.45, 2.75) is 32.7 Å². The first-order chi connectivity index (χ1) is 7.80. The molecule has 3 heteroatoms. The number of ether oxygens (including phenoxy) is 2. The summed E-state index contributed by atoms with van der Waals surface area (Å²) in [6.07, 6.45) is 3.49. The molecule has 0 heterocycles. The van der Waals surface area contributed by atoms with Crippen molar-refractivity contribution in [3.63, 3.8) is 0 Å². The second kappa shape index (κ2) is 7.12. The standard InChI is InChI=1S/C13H21NO2/c1-3-4-5-6-16-13-8-11(10-14)7-12(9-13)15-2/h7-9H,3-6,10,14H2,1-2H3. The van der Waals surface area contributed by atoms with Crippen molar-refractivity contribution in [2.24, 2.45) is 5.73 Å². The predicted octanol–water partition coefficient (Wildman–Crippen LogP) is 2.72. The number of rotatable bonds is 7. The fourth-order valence-corrected chi connectivity index (χ4v) is 1.49. The van der Waals surface area contributed by atoms with E-state index in [-0.39, 0.29) is 0 Å². The number of nitrogens with two attached hydrogens (primary N) is 1. The fraction of sp³-hybridized carbons (Fsp3) is 0.538. The molecule has 0 aromatic heterocycles. The molecule has 0 saturated carbocycles. The van der Waals surface area contributed by atoms with Gasteiger partial charge in [0.25, 0.3) is 0 Å². The van der Waals surface area contributed by atoms with Crippen molar-refractivity contribution < 1.29 is 9.47 Å². The van der Waals surface area contributed by atoms with Gasteiger partial charge in [-0.05, 0) is 24.1 Å². The maximum atomic E-state index is 5.66. The monoisotopic (exact) mass is 223 g/mol. The van der Waals surface area contributed by atoms with Crippen LogP contribution in [0.15, 0.2) is 18.2 Å². The van der Waals surface area contributed by atoms with E-state index in [1.807, 2.05) is 18.2 Å². The minimum Gasteiger partial charge on any atom is -0.497 e. The summed E-state index contributed by atoms with van der Waals surface area (Å²) in [6.45, 7) is 3.44. The summed E-state index contributed by atoms with van der Waals surface area (Å²) in [6, 6.07) is 5.79. The molecule has 1 aromatic carbocycles. The second-order valence-corrected chi connectivity index (χ2v) is 3.78. The number of hydrogen-bond acceptors (Lipinski definition) is 3. The topological polar surface area (TPSA) is 44.5 Å². The van der Waals surface area contributed by atoms with Crippen molar-refractivity contribution in [3.05, 3.63) is 23.8 Å². The van der Waals surface area contributed by atoms with Crippen LogP contribution in [0, 0.1) is 0 Å². The molecular weight excluding hydrogens is 202 g/mol. The second-order valence-electron chi connectivity index (χ2n) is 3.78. The first kappa shape index (κ1) is 12.8. The molecule has 1 aromatic rings. The third-order valence-corrected chi connectivity index (χ3v) is 2.43. The van der Waals surface area contributed by atoms with E-state index in [1.54, 1.807) is 7.11 Å². The van der Waals surface area contributed by atoms with Crippen LogP contribution in [-0.4, -0.2) is 13.7 Å². The van der Waals surface area contributed by atoms with E-state index < -0.39 is 0 Å². The minimum absolute atomic E-state index is 0.503. The Balaban J connectivity index is 2.57. The Morgan fingerprint density at radius 1 is 1.12 bits per heavy atom. The van der Waals surface area contributed by atoms with Crippen molar-refractivity contribution in [1.82, 2.24) is 0 Å². The predicted molar refractivity (Wildman–Crippen MR) is 65.9 cm³/mol. The van der Waals surface area contributed by atoms with E-state index in [4.69, 9.17) is 15.2 Å². The summed E-state index contributed by atoms with van der Waals surface area (Å²) in [5.41, 5.74) is 6.64. The molecule has 2 N–H and O–H groups in total. The van der Waals surface area contributed by atoms with Crippen LogP contribution in [0.2, 0.25) is 0 Å². The smallest absolute Gasteiger partial charge is 0.123 e. The van der Waals surface area contributed by atoms with E-state index >= 15 is 0 Å². The summed E-state index contributed by atoms with van der Waals surface area (Å²) >= 11 is 0. The van der Waals surface area contributed by atoms with Gasteiger partial charge < -0.3 is 15.2 Å². The molecule has 0 atom stereocenters. The van der Waals surface area contributed by atoms with Crippen molar-refractivity contribution >= 4 is 0 Å². The van der Waals surface area contributed by atoms with Gasteiger partial charge in [-0.2, -0.15) is 0 Å². The lowest BCUT2D eigenvalue weighted by Gasteiger charge is -2.09. The van der Waals surface area contributed by atoms with E-state index in [2.05, 4.69) is 6.92 Å². The molecule has 90 valence electrons. The highest BCUT2D eigenvalue weighted by Gasteiger charge is 2.01. The highest BCUT2D eigenvalue weighted by Crippen LogP contribution is 2.22. The van der Waals surface area contributed by atoms with Crippen LogP contribution in [-0.2, 0) is 6.54 Å². The lowest BCUT2D eigenvalue weighted by atomic mass is 10.2. The van der Waals surface area contributed by atoms with Gasteiger partial charge >= 0.3 is 0 Å². The summed E-state index contributed by atoms with van der Waals surface area (Å²) in [7, 11) is 1.65. The van der Waals surface area contributed by atoms with Crippen LogP contribution in [0.25, 0.3) is 0 Å². The molecule has 0 fully saturated rings. The van der Waals surface area contributed by atoms with Gasteiger partial charge in [-0.25, -0.2) is 0 Å². The Morgan fingerprint density at radius 2 is 1.88 bits per heavy atom. The summed E-state index contributed by atoms with van der Waals surface area (Å²) in [5.74, 6) is 1.64. The third-order valence-electron chi connectivity index (χ3n) is 2.43.